The molecule has 2 rings (SSSR count). The average Bonchev–Trinajstić information content (AvgIpc) is 3.23. The number of amides is 1. The number of rotatable bonds is 7. The van der Waals surface area contributed by atoms with E-state index in [1.54, 1.807) is 24.1 Å². The summed E-state index contributed by atoms with van der Waals surface area (Å²) < 4.78 is 18.4. The van der Waals surface area contributed by atoms with E-state index in [0.29, 0.717) is 25.6 Å². The van der Waals surface area contributed by atoms with Gasteiger partial charge in [-0.1, -0.05) is 6.07 Å². The fourth-order valence-corrected chi connectivity index (χ4v) is 2.03. The van der Waals surface area contributed by atoms with Gasteiger partial charge in [-0.15, -0.1) is 0 Å². The van der Waals surface area contributed by atoms with Gasteiger partial charge in [-0.2, -0.15) is 0 Å². The highest BCUT2D eigenvalue weighted by molar-refractivity contribution is 5.76. The van der Waals surface area contributed by atoms with Crippen LogP contribution in [0.4, 0.5) is 4.39 Å². The third kappa shape index (κ3) is 4.20. The van der Waals surface area contributed by atoms with Crippen molar-refractivity contribution < 1.29 is 13.9 Å². The predicted molar refractivity (Wildman–Crippen MR) is 75.1 cm³/mol. The highest BCUT2D eigenvalue weighted by Crippen LogP contribution is 2.19. The van der Waals surface area contributed by atoms with Crippen LogP contribution in [-0.2, 0) is 11.3 Å². The Balaban J connectivity index is 1.81. The van der Waals surface area contributed by atoms with E-state index in [2.05, 4.69) is 5.32 Å². The Morgan fingerprint density at radius 3 is 2.85 bits per heavy atom. The van der Waals surface area contributed by atoms with Crippen LogP contribution in [0.5, 0.6) is 5.75 Å². The first-order chi connectivity index (χ1) is 9.60. The number of halogens is 1. The topological polar surface area (TPSA) is 41.6 Å². The van der Waals surface area contributed by atoms with Crippen molar-refractivity contribution in [3.63, 3.8) is 0 Å². The average molecular weight is 280 g/mol. The monoisotopic (exact) mass is 280 g/mol. The molecule has 1 aliphatic carbocycles. The van der Waals surface area contributed by atoms with Gasteiger partial charge in [-0.25, -0.2) is 4.39 Å². The highest BCUT2D eigenvalue weighted by Gasteiger charge is 2.20. The van der Waals surface area contributed by atoms with Crippen LogP contribution < -0.4 is 10.1 Å². The molecule has 0 atom stereocenters. The van der Waals surface area contributed by atoms with Gasteiger partial charge in [0.15, 0.2) is 11.6 Å². The number of carbonyl (C=O) groups excluding carboxylic acids is 1. The van der Waals surface area contributed by atoms with Crippen molar-refractivity contribution in [2.24, 2.45) is 0 Å². The van der Waals surface area contributed by atoms with E-state index >= 15 is 0 Å². The second-order valence-electron chi connectivity index (χ2n) is 5.20. The van der Waals surface area contributed by atoms with Crippen molar-refractivity contribution in [3.05, 3.63) is 29.6 Å². The minimum atomic E-state index is -0.402. The van der Waals surface area contributed by atoms with Gasteiger partial charge in [0, 0.05) is 32.6 Å². The van der Waals surface area contributed by atoms with E-state index < -0.39 is 5.82 Å². The van der Waals surface area contributed by atoms with Crippen LogP contribution in [0.3, 0.4) is 0 Å². The van der Waals surface area contributed by atoms with Crippen molar-refractivity contribution in [3.8, 4) is 5.75 Å². The van der Waals surface area contributed by atoms with Crippen molar-refractivity contribution in [1.82, 2.24) is 10.2 Å². The number of carbonyl (C=O) groups is 1. The van der Waals surface area contributed by atoms with Gasteiger partial charge in [0.2, 0.25) is 5.91 Å². The molecule has 4 nitrogen and oxygen atoms in total. The number of ether oxygens (including phenoxy) is 1. The SMILES string of the molecule is COc1ccc(CN(C)C(=O)CCNC2CC2)cc1F. The molecule has 1 fully saturated rings. The molecule has 0 heterocycles. The molecule has 1 aromatic rings. The first-order valence-corrected chi connectivity index (χ1v) is 6.90. The maximum absolute atomic E-state index is 13.6. The standard InChI is InChI=1S/C15H21FN2O2/c1-18(15(19)7-8-17-12-4-5-12)10-11-3-6-14(20-2)13(16)9-11/h3,6,9,12,17H,4-5,7-8,10H2,1-2H3. The van der Waals surface area contributed by atoms with Gasteiger partial charge in [-0.05, 0) is 30.5 Å². The van der Waals surface area contributed by atoms with E-state index in [1.807, 2.05) is 0 Å². The van der Waals surface area contributed by atoms with E-state index in [0.717, 1.165) is 5.56 Å². The lowest BCUT2D eigenvalue weighted by Gasteiger charge is -2.18. The molecule has 1 amide bonds. The molecule has 110 valence electrons. The van der Waals surface area contributed by atoms with E-state index in [1.165, 1.54) is 26.0 Å². The Labute approximate surface area is 118 Å². The Bertz CT molecular complexity index is 475. The second kappa shape index (κ2) is 6.70. The molecule has 20 heavy (non-hydrogen) atoms. The summed E-state index contributed by atoms with van der Waals surface area (Å²) in [5, 5.41) is 3.31. The molecule has 0 radical (unpaired) electrons. The minimum Gasteiger partial charge on any atom is -0.494 e. The first-order valence-electron chi connectivity index (χ1n) is 6.90. The fraction of sp³-hybridized carbons (Fsp3) is 0.533. The van der Waals surface area contributed by atoms with Crippen molar-refractivity contribution in [1.29, 1.82) is 0 Å². The molecule has 0 saturated heterocycles. The first kappa shape index (κ1) is 14.8. The lowest BCUT2D eigenvalue weighted by Crippen LogP contribution is -2.30. The van der Waals surface area contributed by atoms with Gasteiger partial charge < -0.3 is 15.0 Å². The molecule has 0 unspecified atom stereocenters. The lowest BCUT2D eigenvalue weighted by atomic mass is 10.2. The zero-order valence-corrected chi connectivity index (χ0v) is 12.0. The summed E-state index contributed by atoms with van der Waals surface area (Å²) in [4.78, 5) is 13.5. The predicted octanol–water partition coefficient (Wildman–Crippen LogP) is 1.93. The van der Waals surface area contributed by atoms with Crippen molar-refractivity contribution in [2.75, 3.05) is 20.7 Å². The van der Waals surface area contributed by atoms with Crippen LogP contribution in [0.1, 0.15) is 24.8 Å². The number of benzene rings is 1. The Kier molecular flexibility index (Phi) is 4.95. The second-order valence-corrected chi connectivity index (χ2v) is 5.20. The Morgan fingerprint density at radius 2 is 2.25 bits per heavy atom. The molecule has 0 aliphatic heterocycles. The van der Waals surface area contributed by atoms with Crippen LogP contribution in [0, 0.1) is 5.82 Å². The van der Waals surface area contributed by atoms with Gasteiger partial charge in [-0.3, -0.25) is 4.79 Å². The minimum absolute atomic E-state index is 0.0642. The molecule has 1 N–H and O–H groups in total. The molecule has 0 spiro atoms. The third-order valence-corrected chi connectivity index (χ3v) is 3.41. The fourth-order valence-electron chi connectivity index (χ4n) is 2.03. The summed E-state index contributed by atoms with van der Waals surface area (Å²) in [6, 6.07) is 5.38. The summed E-state index contributed by atoms with van der Waals surface area (Å²) in [6.07, 6.45) is 2.91. The van der Waals surface area contributed by atoms with Crippen LogP contribution in [0.25, 0.3) is 0 Å². The summed E-state index contributed by atoms with van der Waals surface area (Å²) in [7, 11) is 3.17. The molecule has 5 heteroatoms. The van der Waals surface area contributed by atoms with Gasteiger partial charge in [0.25, 0.3) is 0 Å². The van der Waals surface area contributed by atoms with E-state index in [9.17, 15) is 9.18 Å². The number of methoxy groups -OCH3 is 1. The quantitative estimate of drug-likeness (QED) is 0.830. The molecular weight excluding hydrogens is 259 g/mol. The lowest BCUT2D eigenvalue weighted by molar-refractivity contribution is -0.130. The zero-order chi connectivity index (χ0) is 14.5. The van der Waals surface area contributed by atoms with Crippen LogP contribution in [0.15, 0.2) is 18.2 Å². The van der Waals surface area contributed by atoms with Crippen LogP contribution in [0.2, 0.25) is 0 Å². The highest BCUT2D eigenvalue weighted by atomic mass is 19.1. The maximum Gasteiger partial charge on any atom is 0.223 e. The molecular formula is C15H21FN2O2. The van der Waals surface area contributed by atoms with Crippen LogP contribution in [-0.4, -0.2) is 37.6 Å². The van der Waals surface area contributed by atoms with E-state index in [4.69, 9.17) is 4.74 Å². The third-order valence-electron chi connectivity index (χ3n) is 3.41. The number of hydrogen-bond acceptors (Lipinski definition) is 3. The molecule has 1 aromatic carbocycles. The number of nitrogens with zero attached hydrogens (tertiary/aromatic N) is 1. The van der Waals surface area contributed by atoms with Crippen molar-refractivity contribution >= 4 is 5.91 Å². The Morgan fingerprint density at radius 1 is 1.50 bits per heavy atom. The van der Waals surface area contributed by atoms with Gasteiger partial charge in [0.1, 0.15) is 0 Å². The molecule has 0 aromatic heterocycles. The molecule has 1 aliphatic rings. The summed E-state index contributed by atoms with van der Waals surface area (Å²) in [5.41, 5.74) is 0.759. The van der Waals surface area contributed by atoms with Gasteiger partial charge in [0.05, 0.1) is 7.11 Å². The van der Waals surface area contributed by atoms with Crippen molar-refractivity contribution in [2.45, 2.75) is 31.8 Å². The van der Waals surface area contributed by atoms with Crippen LogP contribution >= 0.6 is 0 Å². The van der Waals surface area contributed by atoms with Gasteiger partial charge >= 0.3 is 0 Å². The summed E-state index contributed by atoms with van der Waals surface area (Å²) >= 11 is 0. The maximum atomic E-state index is 13.6. The summed E-state index contributed by atoms with van der Waals surface area (Å²) in [5.74, 6) is -0.119. The summed E-state index contributed by atoms with van der Waals surface area (Å²) in [6.45, 7) is 1.12. The molecule has 1 saturated carbocycles. The Hall–Kier alpha value is -1.62. The normalized spacial score (nSPS) is 14.2. The largest absolute Gasteiger partial charge is 0.494 e. The zero-order valence-electron chi connectivity index (χ0n) is 12.0. The van der Waals surface area contributed by atoms with E-state index in [-0.39, 0.29) is 11.7 Å². The smallest absolute Gasteiger partial charge is 0.223 e. The number of hydrogen-bond donors (Lipinski definition) is 1. The number of nitrogens with one attached hydrogen (secondary N) is 1. The molecule has 0 bridgehead atoms.